The van der Waals surface area contributed by atoms with Gasteiger partial charge >= 0.3 is 6.18 Å². The van der Waals surface area contributed by atoms with E-state index < -0.39 is 17.6 Å². The minimum atomic E-state index is -4.60. The van der Waals surface area contributed by atoms with Crippen LogP contribution in [0.25, 0.3) is 17.1 Å². The molecule has 0 fully saturated rings. The van der Waals surface area contributed by atoms with Gasteiger partial charge in [0.15, 0.2) is 5.82 Å². The molecule has 11 heteroatoms. The zero-order chi connectivity index (χ0) is 24.6. The summed E-state index contributed by atoms with van der Waals surface area (Å²) in [6.45, 7) is 5.54. The fourth-order valence-electron chi connectivity index (χ4n) is 3.39. The average molecular weight is 474 g/mol. The quantitative estimate of drug-likeness (QED) is 0.351. The van der Waals surface area contributed by atoms with Gasteiger partial charge in [0.25, 0.3) is 0 Å². The third-order valence-corrected chi connectivity index (χ3v) is 5.09. The van der Waals surface area contributed by atoms with Crippen molar-refractivity contribution in [2.45, 2.75) is 33.0 Å². The molecule has 2 aromatic heterocycles. The van der Waals surface area contributed by atoms with Gasteiger partial charge in [0.1, 0.15) is 11.6 Å². The van der Waals surface area contributed by atoms with Crippen LogP contribution in [0.15, 0.2) is 48.9 Å². The molecule has 4 rings (SSSR count). The molecule has 0 bridgehead atoms. The van der Waals surface area contributed by atoms with Crippen molar-refractivity contribution < 1.29 is 22.3 Å². The SMILES string of the molecule is COc1cc(-c2nc(Nc3cc(C(F)(F)F)ccc3F)n(C(C)C)n2)ccc1-n1cnc(C)c1. The molecule has 0 atom stereocenters. The fourth-order valence-corrected chi connectivity index (χ4v) is 3.39. The van der Waals surface area contributed by atoms with Crippen molar-refractivity contribution in [3.63, 3.8) is 0 Å². The van der Waals surface area contributed by atoms with Crippen LogP contribution >= 0.6 is 0 Å². The summed E-state index contributed by atoms with van der Waals surface area (Å²) in [4.78, 5) is 8.65. The van der Waals surface area contributed by atoms with Crippen molar-refractivity contribution >= 4 is 11.6 Å². The van der Waals surface area contributed by atoms with E-state index in [9.17, 15) is 17.6 Å². The second kappa shape index (κ2) is 8.81. The molecular weight excluding hydrogens is 452 g/mol. The molecule has 178 valence electrons. The Balaban J connectivity index is 1.72. The molecule has 1 N–H and O–H groups in total. The number of aryl methyl sites for hydroxylation is 1. The average Bonchev–Trinajstić information content (AvgIpc) is 3.40. The molecule has 0 saturated heterocycles. The molecule has 0 unspecified atom stereocenters. The second-order valence-corrected chi connectivity index (χ2v) is 7.92. The van der Waals surface area contributed by atoms with Gasteiger partial charge in [-0.05, 0) is 57.2 Å². The molecule has 0 spiro atoms. The smallest absolute Gasteiger partial charge is 0.416 e. The highest BCUT2D eigenvalue weighted by Crippen LogP contribution is 2.34. The second-order valence-electron chi connectivity index (χ2n) is 7.92. The highest BCUT2D eigenvalue weighted by Gasteiger charge is 2.31. The van der Waals surface area contributed by atoms with Crippen LogP contribution in [0.5, 0.6) is 5.75 Å². The van der Waals surface area contributed by atoms with Crippen LogP contribution in [0, 0.1) is 12.7 Å². The van der Waals surface area contributed by atoms with Crippen molar-refractivity contribution in [3.8, 4) is 22.8 Å². The minimum Gasteiger partial charge on any atom is -0.495 e. The number of imidazole rings is 1. The Morgan fingerprint density at radius 3 is 2.47 bits per heavy atom. The topological polar surface area (TPSA) is 69.8 Å². The Bertz CT molecular complexity index is 1330. The summed E-state index contributed by atoms with van der Waals surface area (Å²) in [5.41, 5.74) is 0.909. The maximum Gasteiger partial charge on any atom is 0.416 e. The number of methoxy groups -OCH3 is 1. The summed E-state index contributed by atoms with van der Waals surface area (Å²) in [6.07, 6.45) is -1.08. The molecule has 0 aliphatic heterocycles. The number of aromatic nitrogens is 5. The lowest BCUT2D eigenvalue weighted by molar-refractivity contribution is -0.137. The minimum absolute atomic E-state index is 0.108. The van der Waals surface area contributed by atoms with Crippen molar-refractivity contribution in [1.82, 2.24) is 24.3 Å². The van der Waals surface area contributed by atoms with Gasteiger partial charge in [-0.25, -0.2) is 14.1 Å². The van der Waals surface area contributed by atoms with E-state index in [0.717, 1.165) is 17.4 Å². The number of hydrogen-bond acceptors (Lipinski definition) is 5. The maximum absolute atomic E-state index is 14.3. The van der Waals surface area contributed by atoms with E-state index in [4.69, 9.17) is 4.74 Å². The van der Waals surface area contributed by atoms with E-state index in [1.165, 1.54) is 11.8 Å². The van der Waals surface area contributed by atoms with E-state index in [1.54, 1.807) is 18.5 Å². The first-order valence-corrected chi connectivity index (χ1v) is 10.4. The van der Waals surface area contributed by atoms with Gasteiger partial charge < -0.3 is 14.6 Å². The van der Waals surface area contributed by atoms with Gasteiger partial charge in [-0.15, -0.1) is 5.10 Å². The molecule has 0 radical (unpaired) electrons. The summed E-state index contributed by atoms with van der Waals surface area (Å²) in [5.74, 6) is 0.121. The third-order valence-electron chi connectivity index (χ3n) is 5.09. The summed E-state index contributed by atoms with van der Waals surface area (Å²) in [6, 6.07) is 7.33. The first-order valence-electron chi connectivity index (χ1n) is 10.4. The number of ether oxygens (including phenoxy) is 1. The van der Waals surface area contributed by atoms with Crippen LogP contribution in [0.3, 0.4) is 0 Å². The molecule has 34 heavy (non-hydrogen) atoms. The number of alkyl halides is 3. The lowest BCUT2D eigenvalue weighted by Gasteiger charge is -2.13. The lowest BCUT2D eigenvalue weighted by Crippen LogP contribution is -2.10. The van der Waals surface area contributed by atoms with Gasteiger partial charge in [-0.3, -0.25) is 0 Å². The number of nitrogens with zero attached hydrogens (tertiary/aromatic N) is 5. The summed E-state index contributed by atoms with van der Waals surface area (Å²) >= 11 is 0. The summed E-state index contributed by atoms with van der Waals surface area (Å²) < 4.78 is 62.4. The zero-order valence-electron chi connectivity index (χ0n) is 18.9. The number of hydrogen-bond donors (Lipinski definition) is 1. The Hall–Kier alpha value is -3.89. The number of anilines is 2. The van der Waals surface area contributed by atoms with Gasteiger partial charge in [0, 0.05) is 11.8 Å². The maximum atomic E-state index is 14.3. The first-order chi connectivity index (χ1) is 16.1. The highest BCUT2D eigenvalue weighted by molar-refractivity contribution is 5.65. The molecule has 0 amide bonds. The Kier molecular flexibility index (Phi) is 6.03. The number of rotatable bonds is 6. The number of benzene rings is 2. The normalized spacial score (nSPS) is 11.8. The predicted molar refractivity (Wildman–Crippen MR) is 119 cm³/mol. The predicted octanol–water partition coefficient (Wildman–Crippen LogP) is 5.93. The van der Waals surface area contributed by atoms with Gasteiger partial charge in [-0.2, -0.15) is 18.2 Å². The highest BCUT2D eigenvalue weighted by atomic mass is 19.4. The zero-order valence-corrected chi connectivity index (χ0v) is 18.9. The van der Waals surface area contributed by atoms with Crippen molar-refractivity contribution in [1.29, 1.82) is 0 Å². The van der Waals surface area contributed by atoms with E-state index in [2.05, 4.69) is 20.4 Å². The van der Waals surface area contributed by atoms with E-state index in [-0.39, 0.29) is 17.7 Å². The Morgan fingerprint density at radius 2 is 1.85 bits per heavy atom. The van der Waals surface area contributed by atoms with Gasteiger partial charge in [-0.1, -0.05) is 0 Å². The molecule has 0 aliphatic carbocycles. The molecule has 7 nitrogen and oxygen atoms in total. The van der Waals surface area contributed by atoms with Gasteiger partial charge in [0.05, 0.1) is 42.1 Å². The van der Waals surface area contributed by atoms with Gasteiger partial charge in [0.2, 0.25) is 5.95 Å². The van der Waals surface area contributed by atoms with E-state index in [0.29, 0.717) is 29.3 Å². The van der Waals surface area contributed by atoms with Crippen LogP contribution in [0.1, 0.15) is 31.1 Å². The van der Waals surface area contributed by atoms with Crippen LogP contribution in [0.4, 0.5) is 29.2 Å². The molecule has 2 aromatic carbocycles. The van der Waals surface area contributed by atoms with Crippen LogP contribution < -0.4 is 10.1 Å². The Labute approximate surface area is 193 Å². The fraction of sp³-hybridized carbons (Fsp3) is 0.261. The summed E-state index contributed by atoms with van der Waals surface area (Å²) in [7, 11) is 1.54. The lowest BCUT2D eigenvalue weighted by atomic mass is 10.1. The van der Waals surface area contributed by atoms with Crippen molar-refractivity contribution in [2.24, 2.45) is 0 Å². The standard InChI is InChI=1S/C23H22F4N6O/c1-13(2)33-22(29-18-10-16(23(25,26)27)6-7-17(18)24)30-21(31-33)15-5-8-19(20(9-15)34-4)32-11-14(3)28-12-32/h5-13H,1-4H3,(H,29,30,31). The van der Waals surface area contributed by atoms with Crippen molar-refractivity contribution in [3.05, 3.63) is 66.0 Å². The van der Waals surface area contributed by atoms with Crippen molar-refractivity contribution in [2.75, 3.05) is 12.4 Å². The largest absolute Gasteiger partial charge is 0.495 e. The third kappa shape index (κ3) is 4.59. The number of halogens is 4. The van der Waals surface area contributed by atoms with E-state index in [1.807, 2.05) is 37.6 Å². The first kappa shape index (κ1) is 23.3. The van der Waals surface area contributed by atoms with Crippen LogP contribution in [0.2, 0.25) is 0 Å². The molecular formula is C23H22F4N6O. The Morgan fingerprint density at radius 1 is 1.09 bits per heavy atom. The van der Waals surface area contributed by atoms with Crippen LogP contribution in [-0.2, 0) is 6.18 Å². The molecule has 2 heterocycles. The molecule has 0 saturated carbocycles. The summed E-state index contributed by atoms with van der Waals surface area (Å²) in [5, 5.41) is 7.15. The molecule has 4 aromatic rings. The number of nitrogens with one attached hydrogen (secondary N) is 1. The van der Waals surface area contributed by atoms with E-state index >= 15 is 0 Å². The monoisotopic (exact) mass is 474 g/mol. The van der Waals surface area contributed by atoms with Crippen LogP contribution in [-0.4, -0.2) is 31.4 Å². The molecule has 0 aliphatic rings.